The maximum Gasteiger partial charge on any atom is 0.243 e. The van der Waals surface area contributed by atoms with Crippen LogP contribution in [0.25, 0.3) is 10.2 Å². The molecule has 6 nitrogen and oxygen atoms in total. The molecule has 29 heavy (non-hydrogen) atoms. The molecule has 152 valence electrons. The van der Waals surface area contributed by atoms with Gasteiger partial charge < -0.3 is 5.32 Å². The Hall–Kier alpha value is -1.94. The third kappa shape index (κ3) is 4.48. The second-order valence-electron chi connectivity index (χ2n) is 6.83. The SMILES string of the molecule is CC(Sc1nc2ccccc2s1)C(=O)Nc1ccc(S(=O)(=O)N2CCCC2)cc1. The molecule has 1 unspecified atom stereocenters. The highest BCUT2D eigenvalue weighted by atomic mass is 32.2. The highest BCUT2D eigenvalue weighted by molar-refractivity contribution is 8.02. The van der Waals surface area contributed by atoms with Crippen molar-refractivity contribution >= 4 is 54.9 Å². The summed E-state index contributed by atoms with van der Waals surface area (Å²) in [5.41, 5.74) is 1.51. The van der Waals surface area contributed by atoms with Gasteiger partial charge in [-0.15, -0.1) is 11.3 Å². The smallest absolute Gasteiger partial charge is 0.243 e. The lowest BCUT2D eigenvalue weighted by Gasteiger charge is -2.16. The predicted octanol–water partition coefficient (Wildman–Crippen LogP) is 4.20. The van der Waals surface area contributed by atoms with Gasteiger partial charge >= 0.3 is 0 Å². The van der Waals surface area contributed by atoms with Crippen LogP contribution >= 0.6 is 23.1 Å². The monoisotopic (exact) mass is 447 g/mol. The number of hydrogen-bond donors (Lipinski definition) is 1. The largest absolute Gasteiger partial charge is 0.325 e. The lowest BCUT2D eigenvalue weighted by Crippen LogP contribution is -2.27. The second kappa shape index (κ2) is 8.43. The Morgan fingerprint density at radius 1 is 1.14 bits per heavy atom. The fourth-order valence-electron chi connectivity index (χ4n) is 3.14. The van der Waals surface area contributed by atoms with Crippen molar-refractivity contribution in [2.45, 2.75) is 34.3 Å². The average Bonchev–Trinajstić information content (AvgIpc) is 3.38. The Balaban J connectivity index is 1.39. The zero-order chi connectivity index (χ0) is 20.4. The van der Waals surface area contributed by atoms with Gasteiger partial charge in [0.05, 0.1) is 20.4 Å². The van der Waals surface area contributed by atoms with E-state index in [1.54, 1.807) is 35.6 Å². The van der Waals surface area contributed by atoms with Gasteiger partial charge in [0.2, 0.25) is 15.9 Å². The van der Waals surface area contributed by atoms with Crippen LogP contribution in [0.3, 0.4) is 0 Å². The molecule has 0 saturated carbocycles. The number of thiazole rings is 1. The van der Waals surface area contributed by atoms with Crippen LogP contribution in [0.15, 0.2) is 57.8 Å². The molecule has 1 fully saturated rings. The van der Waals surface area contributed by atoms with Crippen molar-refractivity contribution in [3.05, 3.63) is 48.5 Å². The van der Waals surface area contributed by atoms with E-state index < -0.39 is 10.0 Å². The second-order valence-corrected chi connectivity index (χ2v) is 11.4. The number of para-hydroxylation sites is 1. The van der Waals surface area contributed by atoms with Crippen molar-refractivity contribution in [3.8, 4) is 0 Å². The van der Waals surface area contributed by atoms with Crippen molar-refractivity contribution in [3.63, 3.8) is 0 Å². The molecule has 2 aromatic carbocycles. The quantitative estimate of drug-likeness (QED) is 0.573. The van der Waals surface area contributed by atoms with E-state index in [-0.39, 0.29) is 16.1 Å². The number of rotatable bonds is 6. The minimum absolute atomic E-state index is 0.149. The molecular formula is C20H21N3O3S3. The topological polar surface area (TPSA) is 79.4 Å². The maximum atomic E-state index is 12.6. The molecule has 1 N–H and O–H groups in total. The van der Waals surface area contributed by atoms with Gasteiger partial charge in [0.25, 0.3) is 0 Å². The van der Waals surface area contributed by atoms with Crippen LogP contribution in [0, 0.1) is 0 Å². The van der Waals surface area contributed by atoms with Crippen LogP contribution in [-0.2, 0) is 14.8 Å². The molecule has 2 heterocycles. The summed E-state index contributed by atoms with van der Waals surface area (Å²) in [6, 6.07) is 14.3. The number of anilines is 1. The number of carbonyl (C=O) groups excluding carboxylic acids is 1. The number of nitrogens with zero attached hydrogens (tertiary/aromatic N) is 2. The number of hydrogen-bond acceptors (Lipinski definition) is 6. The lowest BCUT2D eigenvalue weighted by molar-refractivity contribution is -0.115. The molecule has 0 bridgehead atoms. The molecule has 1 amide bonds. The summed E-state index contributed by atoms with van der Waals surface area (Å²) in [5.74, 6) is -0.149. The van der Waals surface area contributed by atoms with Crippen molar-refractivity contribution in [1.82, 2.24) is 9.29 Å². The summed E-state index contributed by atoms with van der Waals surface area (Å²) < 4.78 is 28.6. The number of aromatic nitrogens is 1. The highest BCUT2D eigenvalue weighted by Gasteiger charge is 2.27. The van der Waals surface area contributed by atoms with Crippen LogP contribution in [0.4, 0.5) is 5.69 Å². The van der Waals surface area contributed by atoms with E-state index in [1.165, 1.54) is 16.1 Å². The molecule has 3 aromatic rings. The Bertz CT molecular complexity index is 1090. The van der Waals surface area contributed by atoms with E-state index in [9.17, 15) is 13.2 Å². The summed E-state index contributed by atoms with van der Waals surface area (Å²) in [4.78, 5) is 17.3. The van der Waals surface area contributed by atoms with Crippen LogP contribution in [0.5, 0.6) is 0 Å². The number of sulfonamides is 1. The number of amides is 1. The third-order valence-corrected chi connectivity index (χ3v) is 8.89. The Kier molecular flexibility index (Phi) is 5.91. The van der Waals surface area contributed by atoms with Gasteiger partial charge in [-0.2, -0.15) is 4.31 Å². The zero-order valence-corrected chi connectivity index (χ0v) is 18.3. The third-order valence-electron chi connectivity index (χ3n) is 4.75. The van der Waals surface area contributed by atoms with Gasteiger partial charge in [0.1, 0.15) is 0 Å². The molecule has 0 radical (unpaired) electrons. The van der Waals surface area contributed by atoms with E-state index >= 15 is 0 Å². The molecule has 4 rings (SSSR count). The Labute approximate surface area is 178 Å². The summed E-state index contributed by atoms with van der Waals surface area (Å²) in [5, 5.41) is 2.52. The molecule has 0 aliphatic carbocycles. The number of nitrogens with one attached hydrogen (secondary N) is 1. The fourth-order valence-corrected chi connectivity index (χ4v) is 6.87. The summed E-state index contributed by atoms with van der Waals surface area (Å²) in [7, 11) is -3.44. The average molecular weight is 448 g/mol. The highest BCUT2D eigenvalue weighted by Crippen LogP contribution is 2.32. The molecule has 0 spiro atoms. The van der Waals surface area contributed by atoms with E-state index in [0.717, 1.165) is 27.4 Å². The van der Waals surface area contributed by atoms with Crippen molar-refractivity contribution in [2.75, 3.05) is 18.4 Å². The number of thioether (sulfide) groups is 1. The van der Waals surface area contributed by atoms with Gasteiger partial charge in [-0.05, 0) is 56.2 Å². The number of benzene rings is 2. The standard InChI is InChI=1S/C20H21N3O3S3/c1-14(27-20-22-17-6-2-3-7-18(17)28-20)19(24)21-15-8-10-16(11-9-15)29(25,26)23-12-4-5-13-23/h2-3,6-11,14H,4-5,12-13H2,1H3,(H,21,24). The van der Waals surface area contributed by atoms with E-state index in [1.807, 2.05) is 31.2 Å². The van der Waals surface area contributed by atoms with Gasteiger partial charge in [0, 0.05) is 18.8 Å². The van der Waals surface area contributed by atoms with Gasteiger partial charge in [-0.3, -0.25) is 4.79 Å². The maximum absolute atomic E-state index is 12.6. The normalized spacial score (nSPS) is 16.2. The Morgan fingerprint density at radius 2 is 1.83 bits per heavy atom. The number of carbonyl (C=O) groups is 1. The van der Waals surface area contributed by atoms with E-state index in [2.05, 4.69) is 10.3 Å². The van der Waals surface area contributed by atoms with Crippen molar-refractivity contribution in [1.29, 1.82) is 0 Å². The predicted molar refractivity (Wildman–Crippen MR) is 118 cm³/mol. The summed E-state index contributed by atoms with van der Waals surface area (Å²) in [6.07, 6.45) is 1.80. The lowest BCUT2D eigenvalue weighted by atomic mass is 10.3. The molecule has 1 aromatic heterocycles. The Morgan fingerprint density at radius 3 is 2.52 bits per heavy atom. The first-order valence-corrected chi connectivity index (χ1v) is 12.5. The summed E-state index contributed by atoms with van der Waals surface area (Å²) in [6.45, 7) is 2.97. The molecule has 1 atom stereocenters. The first kappa shape index (κ1) is 20.3. The van der Waals surface area contributed by atoms with Gasteiger partial charge in [0.15, 0.2) is 4.34 Å². The van der Waals surface area contributed by atoms with Crippen LogP contribution in [-0.4, -0.2) is 42.0 Å². The minimum atomic E-state index is -3.44. The molecule has 9 heteroatoms. The first-order valence-electron chi connectivity index (χ1n) is 9.37. The van der Waals surface area contributed by atoms with Crippen LogP contribution < -0.4 is 5.32 Å². The molecule has 1 aliphatic rings. The first-order chi connectivity index (χ1) is 13.9. The van der Waals surface area contributed by atoms with Crippen molar-refractivity contribution < 1.29 is 13.2 Å². The zero-order valence-electron chi connectivity index (χ0n) is 15.9. The molecule has 1 aliphatic heterocycles. The molecular weight excluding hydrogens is 426 g/mol. The molecule has 1 saturated heterocycles. The van der Waals surface area contributed by atoms with E-state index in [4.69, 9.17) is 0 Å². The van der Waals surface area contributed by atoms with Crippen LogP contribution in [0.1, 0.15) is 19.8 Å². The van der Waals surface area contributed by atoms with Gasteiger partial charge in [-0.25, -0.2) is 13.4 Å². The van der Waals surface area contributed by atoms with E-state index in [0.29, 0.717) is 18.8 Å². The van der Waals surface area contributed by atoms with Crippen LogP contribution in [0.2, 0.25) is 0 Å². The number of fused-ring (bicyclic) bond motifs is 1. The minimum Gasteiger partial charge on any atom is -0.325 e. The summed E-state index contributed by atoms with van der Waals surface area (Å²) >= 11 is 2.98. The fraction of sp³-hybridized carbons (Fsp3) is 0.300. The van der Waals surface area contributed by atoms with Crippen molar-refractivity contribution in [2.24, 2.45) is 0 Å². The van der Waals surface area contributed by atoms with Gasteiger partial charge in [-0.1, -0.05) is 23.9 Å².